The van der Waals surface area contributed by atoms with Crippen LogP contribution in [0.5, 0.6) is 0 Å². The van der Waals surface area contributed by atoms with E-state index in [4.69, 9.17) is 0 Å². The highest BCUT2D eigenvalue weighted by atomic mass is 16.6. The minimum absolute atomic E-state index is 0.0179. The van der Waals surface area contributed by atoms with Crippen LogP contribution >= 0.6 is 0 Å². The van der Waals surface area contributed by atoms with Crippen molar-refractivity contribution in [3.63, 3.8) is 0 Å². The molecule has 1 atom stereocenters. The van der Waals surface area contributed by atoms with Gasteiger partial charge in [0.1, 0.15) is 11.6 Å². The maximum atomic E-state index is 12.6. The summed E-state index contributed by atoms with van der Waals surface area (Å²) in [5.41, 5.74) is 0.175. The molecule has 112 valence electrons. The average molecular weight is 292 g/mol. The topological polar surface area (TPSA) is 101 Å². The van der Waals surface area contributed by atoms with Crippen LogP contribution in [0.3, 0.4) is 0 Å². The number of hydrogen-bond donors (Lipinski definition) is 1. The first-order chi connectivity index (χ1) is 9.93. The van der Waals surface area contributed by atoms with Crippen LogP contribution in [0.25, 0.3) is 0 Å². The fourth-order valence-electron chi connectivity index (χ4n) is 2.66. The van der Waals surface area contributed by atoms with E-state index in [-0.39, 0.29) is 11.3 Å². The summed E-state index contributed by atoms with van der Waals surface area (Å²) in [6, 6.07) is 3.47. The van der Waals surface area contributed by atoms with Crippen LogP contribution in [0.4, 0.5) is 5.69 Å². The molecular weight excluding hydrogens is 276 g/mol. The maximum Gasteiger partial charge on any atom is 0.326 e. The zero-order valence-electron chi connectivity index (χ0n) is 11.6. The predicted molar refractivity (Wildman–Crippen MR) is 74.1 cm³/mol. The summed E-state index contributed by atoms with van der Waals surface area (Å²) in [4.78, 5) is 35.6. The van der Waals surface area contributed by atoms with Crippen molar-refractivity contribution in [3.8, 4) is 0 Å². The molecule has 0 radical (unpaired) electrons. The number of carboxylic acid groups (broad SMARTS) is 1. The van der Waals surface area contributed by atoms with Gasteiger partial charge < -0.3 is 10.0 Å². The van der Waals surface area contributed by atoms with Crippen molar-refractivity contribution in [2.24, 2.45) is 0 Å². The van der Waals surface area contributed by atoms with E-state index in [9.17, 15) is 24.8 Å². The summed E-state index contributed by atoms with van der Waals surface area (Å²) in [5, 5.41) is 20.3. The lowest BCUT2D eigenvalue weighted by atomic mass is 9.98. The standard InChI is InChI=1S/C14H16N2O5/c1-9-5-4-7-10(16(20)21)12(9)13(17)15-8-3-2-6-11(15)14(18)19/h4-5,7,11H,2-3,6,8H2,1H3,(H,18,19)/t11-/m1/s1. The molecule has 0 spiro atoms. The van der Waals surface area contributed by atoms with Gasteiger partial charge in [-0.25, -0.2) is 4.79 Å². The van der Waals surface area contributed by atoms with Gasteiger partial charge in [0.25, 0.3) is 11.6 Å². The average Bonchev–Trinajstić information content (AvgIpc) is 2.46. The summed E-state index contributed by atoms with van der Waals surface area (Å²) in [6.45, 7) is 1.92. The number of hydrogen-bond acceptors (Lipinski definition) is 4. The molecule has 0 aromatic heterocycles. The van der Waals surface area contributed by atoms with E-state index < -0.39 is 22.8 Å². The minimum Gasteiger partial charge on any atom is -0.480 e. The van der Waals surface area contributed by atoms with Gasteiger partial charge >= 0.3 is 5.97 Å². The number of benzene rings is 1. The highest BCUT2D eigenvalue weighted by molar-refractivity contribution is 6.01. The van der Waals surface area contributed by atoms with Crippen LogP contribution in [0.15, 0.2) is 18.2 Å². The fraction of sp³-hybridized carbons (Fsp3) is 0.429. The molecule has 1 fully saturated rings. The SMILES string of the molecule is Cc1cccc([N+](=O)[O-])c1C(=O)N1CCCC[C@@H]1C(=O)O. The second-order valence-electron chi connectivity index (χ2n) is 5.07. The Hall–Kier alpha value is -2.44. The summed E-state index contributed by atoms with van der Waals surface area (Å²) < 4.78 is 0. The Labute approximate surface area is 121 Å². The van der Waals surface area contributed by atoms with E-state index in [1.807, 2.05) is 0 Å². The van der Waals surface area contributed by atoms with Crippen molar-refractivity contribution >= 4 is 17.6 Å². The lowest BCUT2D eigenvalue weighted by molar-refractivity contribution is -0.385. The highest BCUT2D eigenvalue weighted by Gasteiger charge is 2.35. The normalized spacial score (nSPS) is 18.3. The second-order valence-corrected chi connectivity index (χ2v) is 5.07. The number of carboxylic acids is 1. The molecule has 0 saturated carbocycles. The van der Waals surface area contributed by atoms with Gasteiger partial charge in [0.15, 0.2) is 0 Å². The summed E-state index contributed by atoms with van der Waals surface area (Å²) >= 11 is 0. The number of nitro benzene ring substituents is 1. The van der Waals surface area contributed by atoms with Gasteiger partial charge in [-0.15, -0.1) is 0 Å². The van der Waals surface area contributed by atoms with Crippen molar-refractivity contribution in [2.45, 2.75) is 32.2 Å². The Balaban J connectivity index is 2.44. The van der Waals surface area contributed by atoms with Crippen LogP contribution in [-0.2, 0) is 4.79 Å². The molecule has 1 N–H and O–H groups in total. The molecule has 1 aromatic carbocycles. The number of aliphatic carboxylic acids is 1. The van der Waals surface area contributed by atoms with Crippen molar-refractivity contribution in [2.75, 3.05) is 6.54 Å². The molecule has 0 unspecified atom stereocenters. The van der Waals surface area contributed by atoms with E-state index in [0.717, 1.165) is 6.42 Å². The number of rotatable bonds is 3. The van der Waals surface area contributed by atoms with Gasteiger partial charge in [0, 0.05) is 12.6 Å². The molecular formula is C14H16N2O5. The van der Waals surface area contributed by atoms with Crippen LogP contribution in [0, 0.1) is 17.0 Å². The molecule has 0 aliphatic carbocycles. The second kappa shape index (κ2) is 5.90. The molecule has 1 heterocycles. The van der Waals surface area contributed by atoms with E-state index in [1.54, 1.807) is 13.0 Å². The summed E-state index contributed by atoms with van der Waals surface area (Å²) in [5.74, 6) is -1.65. The smallest absolute Gasteiger partial charge is 0.326 e. The summed E-state index contributed by atoms with van der Waals surface area (Å²) in [7, 11) is 0. The monoisotopic (exact) mass is 292 g/mol. The first-order valence-corrected chi connectivity index (χ1v) is 6.71. The number of nitrogens with zero attached hydrogens (tertiary/aromatic N) is 2. The Morgan fingerprint density at radius 3 is 2.71 bits per heavy atom. The lowest BCUT2D eigenvalue weighted by Gasteiger charge is -2.33. The van der Waals surface area contributed by atoms with E-state index in [1.165, 1.54) is 17.0 Å². The molecule has 1 aliphatic heterocycles. The number of carbonyl (C=O) groups excluding carboxylic acids is 1. The van der Waals surface area contributed by atoms with Crippen LogP contribution < -0.4 is 0 Å². The molecule has 21 heavy (non-hydrogen) atoms. The van der Waals surface area contributed by atoms with Crippen molar-refractivity contribution in [3.05, 3.63) is 39.4 Å². The number of piperidine rings is 1. The largest absolute Gasteiger partial charge is 0.480 e. The number of carbonyl (C=O) groups is 2. The molecule has 1 aliphatic rings. The molecule has 1 aromatic rings. The predicted octanol–water partition coefficient (Wildman–Crippen LogP) is 1.98. The van der Waals surface area contributed by atoms with Gasteiger partial charge in [0.2, 0.25) is 0 Å². The Morgan fingerprint density at radius 2 is 2.10 bits per heavy atom. The molecule has 0 bridgehead atoms. The zero-order valence-corrected chi connectivity index (χ0v) is 11.6. The van der Waals surface area contributed by atoms with Crippen molar-refractivity contribution in [1.29, 1.82) is 0 Å². The number of aryl methyl sites for hydroxylation is 1. The molecule has 7 nitrogen and oxygen atoms in total. The summed E-state index contributed by atoms with van der Waals surface area (Å²) in [6.07, 6.45) is 1.81. The molecule has 1 saturated heterocycles. The Kier molecular flexibility index (Phi) is 4.21. The fourth-order valence-corrected chi connectivity index (χ4v) is 2.66. The van der Waals surface area contributed by atoms with Gasteiger partial charge in [0.05, 0.1) is 4.92 Å². The molecule has 1 amide bonds. The lowest BCUT2D eigenvalue weighted by Crippen LogP contribution is -2.48. The quantitative estimate of drug-likeness (QED) is 0.678. The zero-order chi connectivity index (χ0) is 15.6. The highest BCUT2D eigenvalue weighted by Crippen LogP contribution is 2.27. The molecule has 7 heteroatoms. The van der Waals surface area contributed by atoms with Crippen LogP contribution in [-0.4, -0.2) is 39.4 Å². The van der Waals surface area contributed by atoms with E-state index in [0.29, 0.717) is 24.9 Å². The third-order valence-corrected chi connectivity index (χ3v) is 3.71. The minimum atomic E-state index is -1.07. The van der Waals surface area contributed by atoms with Gasteiger partial charge in [-0.05, 0) is 31.7 Å². The third kappa shape index (κ3) is 2.86. The van der Waals surface area contributed by atoms with E-state index >= 15 is 0 Å². The maximum absolute atomic E-state index is 12.6. The van der Waals surface area contributed by atoms with Gasteiger partial charge in [-0.2, -0.15) is 0 Å². The number of amides is 1. The number of likely N-dealkylation sites (tertiary alicyclic amines) is 1. The molecule has 2 rings (SSSR count). The van der Waals surface area contributed by atoms with Crippen LogP contribution in [0.2, 0.25) is 0 Å². The van der Waals surface area contributed by atoms with Crippen molar-refractivity contribution < 1.29 is 19.6 Å². The third-order valence-electron chi connectivity index (χ3n) is 3.71. The first kappa shape index (κ1) is 15.0. The van der Waals surface area contributed by atoms with Gasteiger partial charge in [-0.3, -0.25) is 14.9 Å². The van der Waals surface area contributed by atoms with Crippen molar-refractivity contribution in [1.82, 2.24) is 4.90 Å². The first-order valence-electron chi connectivity index (χ1n) is 6.71. The van der Waals surface area contributed by atoms with Gasteiger partial charge in [-0.1, -0.05) is 12.1 Å². The van der Waals surface area contributed by atoms with E-state index in [2.05, 4.69) is 0 Å². The van der Waals surface area contributed by atoms with Crippen LogP contribution in [0.1, 0.15) is 35.2 Å². The Morgan fingerprint density at radius 1 is 1.38 bits per heavy atom. The number of nitro groups is 1. The Bertz CT molecular complexity index is 599.